The van der Waals surface area contributed by atoms with E-state index in [1.165, 1.54) is 6.07 Å². The number of hydrogen-bond donors (Lipinski definition) is 0. The first-order valence-corrected chi connectivity index (χ1v) is 4.83. The minimum atomic E-state index is -4.59. The molecule has 0 fully saturated rings. The Labute approximate surface area is 87.9 Å². The van der Waals surface area contributed by atoms with E-state index in [2.05, 4.69) is 0 Å². The summed E-state index contributed by atoms with van der Waals surface area (Å²) in [4.78, 5) is 0. The van der Waals surface area contributed by atoms with Gasteiger partial charge < -0.3 is 0 Å². The van der Waals surface area contributed by atoms with Gasteiger partial charge in [0.25, 0.3) is 0 Å². The van der Waals surface area contributed by atoms with Crippen LogP contribution in [0, 0.1) is 5.82 Å². The monoisotopic (exact) mass is 224 g/mol. The zero-order valence-corrected chi connectivity index (χ0v) is 9.32. The third-order valence-corrected chi connectivity index (χ3v) is 1.18. The highest BCUT2D eigenvalue weighted by atomic mass is 19.4. The summed E-state index contributed by atoms with van der Waals surface area (Å²) >= 11 is 0. The fraction of sp³-hybridized carbons (Fsp3) is 0.455. The quantitative estimate of drug-likeness (QED) is 0.550. The second kappa shape index (κ2) is 8.26. The van der Waals surface area contributed by atoms with E-state index in [1.54, 1.807) is 0 Å². The molecule has 0 nitrogen and oxygen atoms in total. The molecule has 0 atom stereocenters. The van der Waals surface area contributed by atoms with E-state index in [-0.39, 0.29) is 0 Å². The van der Waals surface area contributed by atoms with E-state index in [0.29, 0.717) is 6.07 Å². The summed E-state index contributed by atoms with van der Waals surface area (Å²) in [5.41, 5.74) is -1.22. The predicted octanol–water partition coefficient (Wildman–Crippen LogP) is 4.90. The van der Waals surface area contributed by atoms with Crippen molar-refractivity contribution in [3.63, 3.8) is 0 Å². The average molecular weight is 224 g/mol. The lowest BCUT2D eigenvalue weighted by Crippen LogP contribution is -2.07. The van der Waals surface area contributed by atoms with Gasteiger partial charge in [0.15, 0.2) is 0 Å². The summed E-state index contributed by atoms with van der Waals surface area (Å²) in [5.74, 6) is -1.24. The van der Waals surface area contributed by atoms with Gasteiger partial charge in [0.1, 0.15) is 5.82 Å². The zero-order valence-electron chi connectivity index (χ0n) is 9.32. The molecular weight excluding hydrogens is 208 g/mol. The normalized spacial score (nSPS) is 9.33. The van der Waals surface area contributed by atoms with Gasteiger partial charge in [-0.2, -0.15) is 13.2 Å². The Bertz CT molecular complexity index is 253. The smallest absolute Gasteiger partial charge is 0.206 e. The Hall–Kier alpha value is -1.06. The number of halogens is 4. The van der Waals surface area contributed by atoms with Gasteiger partial charge >= 0.3 is 6.18 Å². The summed E-state index contributed by atoms with van der Waals surface area (Å²) in [6.07, 6.45) is -4.59. The van der Waals surface area contributed by atoms with Crippen molar-refractivity contribution in [1.29, 1.82) is 0 Å². The summed E-state index contributed by atoms with van der Waals surface area (Å²) < 4.78 is 47.8. The molecular formula is C11H16F4. The standard InChI is InChI=1S/C7H4F4.2C2H6/c8-6-4-2-1-3-5(6)7(9,10)11;2*1-2/h1-4H;2*1-2H3. The van der Waals surface area contributed by atoms with Crippen LogP contribution in [0.1, 0.15) is 33.3 Å². The van der Waals surface area contributed by atoms with Crippen molar-refractivity contribution in [1.82, 2.24) is 0 Å². The Kier molecular flexibility index (Phi) is 9.02. The lowest BCUT2D eigenvalue weighted by Gasteiger charge is -2.05. The molecule has 88 valence electrons. The van der Waals surface area contributed by atoms with E-state index in [0.717, 1.165) is 12.1 Å². The molecule has 4 heteroatoms. The first kappa shape index (κ1) is 16.4. The highest BCUT2D eigenvalue weighted by Gasteiger charge is 2.33. The molecule has 0 saturated carbocycles. The molecule has 0 unspecified atom stereocenters. The van der Waals surface area contributed by atoms with Crippen LogP contribution in [0.15, 0.2) is 24.3 Å². The van der Waals surface area contributed by atoms with Crippen LogP contribution in [0.3, 0.4) is 0 Å². The molecule has 0 N–H and O–H groups in total. The maximum absolute atomic E-state index is 12.4. The molecule has 1 aromatic carbocycles. The molecule has 0 spiro atoms. The zero-order chi connectivity index (χ0) is 12.5. The summed E-state index contributed by atoms with van der Waals surface area (Å²) in [6.45, 7) is 8.00. The van der Waals surface area contributed by atoms with Crippen LogP contribution in [-0.2, 0) is 6.18 Å². The number of rotatable bonds is 0. The Morgan fingerprint density at radius 2 is 1.27 bits per heavy atom. The molecule has 0 aliphatic heterocycles. The van der Waals surface area contributed by atoms with Gasteiger partial charge in [-0.25, -0.2) is 4.39 Å². The van der Waals surface area contributed by atoms with Crippen molar-refractivity contribution in [2.75, 3.05) is 0 Å². The number of hydrogen-bond acceptors (Lipinski definition) is 0. The van der Waals surface area contributed by atoms with Gasteiger partial charge in [0.2, 0.25) is 0 Å². The van der Waals surface area contributed by atoms with Crippen molar-refractivity contribution >= 4 is 0 Å². The van der Waals surface area contributed by atoms with Crippen molar-refractivity contribution < 1.29 is 17.6 Å². The summed E-state index contributed by atoms with van der Waals surface area (Å²) in [6, 6.07) is 3.84. The third-order valence-electron chi connectivity index (χ3n) is 1.18. The molecule has 0 heterocycles. The van der Waals surface area contributed by atoms with E-state index in [1.807, 2.05) is 27.7 Å². The lowest BCUT2D eigenvalue weighted by atomic mass is 10.2. The van der Waals surface area contributed by atoms with Crippen LogP contribution < -0.4 is 0 Å². The molecule has 0 saturated heterocycles. The fourth-order valence-corrected chi connectivity index (χ4v) is 0.691. The molecule has 0 amide bonds. The van der Waals surface area contributed by atoms with Crippen molar-refractivity contribution in [3.8, 4) is 0 Å². The van der Waals surface area contributed by atoms with E-state index < -0.39 is 17.6 Å². The molecule has 1 aromatic rings. The first-order valence-electron chi connectivity index (χ1n) is 4.83. The summed E-state index contributed by atoms with van der Waals surface area (Å²) in [5, 5.41) is 0. The SMILES string of the molecule is CC.CC.Fc1ccccc1C(F)(F)F. The fourth-order valence-electron chi connectivity index (χ4n) is 0.691. The van der Waals surface area contributed by atoms with Gasteiger partial charge in [0, 0.05) is 0 Å². The number of alkyl halides is 3. The van der Waals surface area contributed by atoms with Gasteiger partial charge in [-0.15, -0.1) is 0 Å². The number of benzene rings is 1. The van der Waals surface area contributed by atoms with Crippen LogP contribution in [0.5, 0.6) is 0 Å². The Balaban J connectivity index is 0. The second-order valence-corrected chi connectivity index (χ2v) is 1.98. The predicted molar refractivity (Wildman–Crippen MR) is 54.1 cm³/mol. The molecule has 1 rings (SSSR count). The van der Waals surface area contributed by atoms with Crippen LogP contribution in [0.2, 0.25) is 0 Å². The van der Waals surface area contributed by atoms with Crippen molar-refractivity contribution in [3.05, 3.63) is 35.6 Å². The minimum absolute atomic E-state index is 0.704. The second-order valence-electron chi connectivity index (χ2n) is 1.98. The highest BCUT2D eigenvalue weighted by molar-refractivity contribution is 5.19. The molecule has 0 aliphatic carbocycles. The van der Waals surface area contributed by atoms with Crippen molar-refractivity contribution in [2.45, 2.75) is 33.9 Å². The van der Waals surface area contributed by atoms with Crippen LogP contribution in [-0.4, -0.2) is 0 Å². The maximum atomic E-state index is 12.4. The molecule has 0 aromatic heterocycles. The minimum Gasteiger partial charge on any atom is -0.206 e. The topological polar surface area (TPSA) is 0 Å². The first-order chi connectivity index (χ1) is 7.02. The van der Waals surface area contributed by atoms with Gasteiger partial charge in [-0.3, -0.25) is 0 Å². The van der Waals surface area contributed by atoms with E-state index >= 15 is 0 Å². The van der Waals surface area contributed by atoms with Crippen molar-refractivity contribution in [2.24, 2.45) is 0 Å². The average Bonchev–Trinajstić information content (AvgIpc) is 2.23. The van der Waals surface area contributed by atoms with E-state index in [9.17, 15) is 17.6 Å². The van der Waals surface area contributed by atoms with Crippen LogP contribution in [0.4, 0.5) is 17.6 Å². The van der Waals surface area contributed by atoms with Crippen LogP contribution >= 0.6 is 0 Å². The highest BCUT2D eigenvalue weighted by Crippen LogP contribution is 2.30. The van der Waals surface area contributed by atoms with Crippen LogP contribution in [0.25, 0.3) is 0 Å². The Morgan fingerprint density at radius 3 is 1.53 bits per heavy atom. The molecule has 0 bridgehead atoms. The molecule has 0 aliphatic rings. The maximum Gasteiger partial charge on any atom is 0.419 e. The van der Waals surface area contributed by atoms with Gasteiger partial charge in [-0.1, -0.05) is 39.8 Å². The third kappa shape index (κ3) is 6.10. The Morgan fingerprint density at radius 1 is 0.867 bits per heavy atom. The molecule has 0 radical (unpaired) electrons. The lowest BCUT2D eigenvalue weighted by molar-refractivity contribution is -0.140. The van der Waals surface area contributed by atoms with Gasteiger partial charge in [0.05, 0.1) is 5.56 Å². The largest absolute Gasteiger partial charge is 0.419 e. The summed E-state index contributed by atoms with van der Waals surface area (Å²) in [7, 11) is 0. The molecule has 15 heavy (non-hydrogen) atoms. The van der Waals surface area contributed by atoms with E-state index in [4.69, 9.17) is 0 Å². The van der Waals surface area contributed by atoms with Gasteiger partial charge in [-0.05, 0) is 12.1 Å².